The van der Waals surface area contributed by atoms with Gasteiger partial charge < -0.3 is 11.1 Å². The highest BCUT2D eigenvalue weighted by Crippen LogP contribution is 2.15. The van der Waals surface area contributed by atoms with Crippen molar-refractivity contribution in [2.75, 3.05) is 25.4 Å². The van der Waals surface area contributed by atoms with E-state index < -0.39 is 0 Å². The first kappa shape index (κ1) is 11.9. The van der Waals surface area contributed by atoms with E-state index in [1.54, 1.807) is 0 Å². The van der Waals surface area contributed by atoms with Gasteiger partial charge in [0, 0.05) is 12.6 Å². The van der Waals surface area contributed by atoms with E-state index in [-0.39, 0.29) is 5.91 Å². The Hall–Kier alpha value is -1.56. The van der Waals surface area contributed by atoms with Gasteiger partial charge in [-0.05, 0) is 25.9 Å². The lowest BCUT2D eigenvalue weighted by molar-refractivity contribution is 0.0937. The molecule has 1 aliphatic heterocycles. The molecule has 1 atom stereocenters. The van der Waals surface area contributed by atoms with E-state index in [2.05, 4.69) is 27.3 Å². The Morgan fingerprint density at radius 2 is 2.59 bits per heavy atom. The van der Waals surface area contributed by atoms with Gasteiger partial charge in [0.15, 0.2) is 0 Å². The molecule has 0 bridgehead atoms. The van der Waals surface area contributed by atoms with Crippen molar-refractivity contribution < 1.29 is 4.79 Å². The number of likely N-dealkylation sites (tertiary alicyclic amines) is 1. The molecule has 4 N–H and O–H groups in total. The number of rotatable bonds is 4. The predicted octanol–water partition coefficient (Wildman–Crippen LogP) is 0.206. The van der Waals surface area contributed by atoms with E-state index in [0.29, 0.717) is 24.0 Å². The van der Waals surface area contributed by atoms with Crippen LogP contribution in [0.4, 0.5) is 5.69 Å². The van der Waals surface area contributed by atoms with Gasteiger partial charge in [0.05, 0.1) is 11.9 Å². The number of nitrogens with one attached hydrogen (secondary N) is 2. The first-order valence-electron chi connectivity index (χ1n) is 6.03. The number of H-pyrrole nitrogens is 1. The number of carbonyl (C=O) groups is 1. The van der Waals surface area contributed by atoms with Crippen LogP contribution in [0.2, 0.25) is 0 Å². The Morgan fingerprint density at radius 1 is 1.76 bits per heavy atom. The maximum absolute atomic E-state index is 11.8. The van der Waals surface area contributed by atoms with Crippen molar-refractivity contribution in [1.29, 1.82) is 0 Å². The summed E-state index contributed by atoms with van der Waals surface area (Å²) in [4.78, 5) is 14.2. The minimum Gasteiger partial charge on any atom is -0.396 e. The number of amides is 1. The van der Waals surface area contributed by atoms with Gasteiger partial charge in [-0.3, -0.25) is 14.8 Å². The standard InChI is InChI=1S/C11H19N5O/c1-2-16-5-3-4-8(16)6-13-11(17)10-9(12)7-14-15-10/h7-8H,2-6,12H2,1H3,(H,13,17)(H,14,15). The van der Waals surface area contributed by atoms with Crippen LogP contribution in [0.15, 0.2) is 6.20 Å². The Balaban J connectivity index is 1.86. The monoisotopic (exact) mass is 237 g/mol. The van der Waals surface area contributed by atoms with Crippen LogP contribution in [-0.4, -0.2) is 46.7 Å². The lowest BCUT2D eigenvalue weighted by Crippen LogP contribution is -2.40. The normalized spacial score (nSPS) is 20.6. The molecule has 1 saturated heterocycles. The third kappa shape index (κ3) is 2.58. The van der Waals surface area contributed by atoms with Crippen molar-refractivity contribution in [2.45, 2.75) is 25.8 Å². The van der Waals surface area contributed by atoms with Gasteiger partial charge in [0.2, 0.25) is 0 Å². The summed E-state index contributed by atoms with van der Waals surface area (Å²) < 4.78 is 0. The van der Waals surface area contributed by atoms with Gasteiger partial charge in [-0.1, -0.05) is 6.92 Å². The summed E-state index contributed by atoms with van der Waals surface area (Å²) in [5.41, 5.74) is 6.36. The number of aromatic amines is 1. The van der Waals surface area contributed by atoms with E-state index in [1.165, 1.54) is 12.6 Å². The number of likely N-dealkylation sites (N-methyl/N-ethyl adjacent to an activating group) is 1. The lowest BCUT2D eigenvalue weighted by atomic mass is 10.2. The molecular formula is C11H19N5O. The summed E-state index contributed by atoms with van der Waals surface area (Å²) in [7, 11) is 0. The molecule has 1 unspecified atom stereocenters. The molecule has 0 saturated carbocycles. The fourth-order valence-electron chi connectivity index (χ4n) is 2.32. The summed E-state index contributed by atoms with van der Waals surface area (Å²) in [5, 5.41) is 9.24. The molecule has 1 amide bonds. The van der Waals surface area contributed by atoms with Crippen molar-refractivity contribution in [3.05, 3.63) is 11.9 Å². The summed E-state index contributed by atoms with van der Waals surface area (Å²) in [6, 6.07) is 0.452. The second-order valence-electron chi connectivity index (χ2n) is 4.34. The smallest absolute Gasteiger partial charge is 0.271 e. The number of hydrogen-bond donors (Lipinski definition) is 3. The van der Waals surface area contributed by atoms with Crippen LogP contribution in [0, 0.1) is 0 Å². The summed E-state index contributed by atoms with van der Waals surface area (Å²) >= 11 is 0. The van der Waals surface area contributed by atoms with E-state index >= 15 is 0 Å². The molecule has 0 radical (unpaired) electrons. The van der Waals surface area contributed by atoms with Crippen molar-refractivity contribution >= 4 is 11.6 Å². The molecule has 17 heavy (non-hydrogen) atoms. The van der Waals surface area contributed by atoms with Crippen LogP contribution in [-0.2, 0) is 0 Å². The first-order chi connectivity index (χ1) is 8.22. The van der Waals surface area contributed by atoms with E-state index in [4.69, 9.17) is 5.73 Å². The van der Waals surface area contributed by atoms with Crippen LogP contribution in [0.3, 0.4) is 0 Å². The van der Waals surface area contributed by atoms with Crippen molar-refractivity contribution in [3.8, 4) is 0 Å². The van der Waals surface area contributed by atoms with Gasteiger partial charge in [-0.15, -0.1) is 0 Å². The largest absolute Gasteiger partial charge is 0.396 e. The second-order valence-corrected chi connectivity index (χ2v) is 4.34. The highest BCUT2D eigenvalue weighted by atomic mass is 16.1. The topological polar surface area (TPSA) is 87.0 Å². The van der Waals surface area contributed by atoms with Gasteiger partial charge >= 0.3 is 0 Å². The maximum atomic E-state index is 11.8. The summed E-state index contributed by atoms with van der Waals surface area (Å²) in [5.74, 6) is -0.178. The molecule has 1 aliphatic rings. The third-order valence-corrected chi connectivity index (χ3v) is 3.30. The van der Waals surface area contributed by atoms with Crippen LogP contribution >= 0.6 is 0 Å². The summed E-state index contributed by atoms with van der Waals surface area (Å²) in [6.45, 7) is 4.98. The van der Waals surface area contributed by atoms with Crippen LogP contribution in [0.25, 0.3) is 0 Å². The van der Waals surface area contributed by atoms with Gasteiger partial charge in [-0.2, -0.15) is 5.10 Å². The number of nitrogens with two attached hydrogens (primary N) is 1. The number of carbonyl (C=O) groups excluding carboxylic acids is 1. The van der Waals surface area contributed by atoms with E-state index in [0.717, 1.165) is 19.5 Å². The van der Waals surface area contributed by atoms with Crippen molar-refractivity contribution in [3.63, 3.8) is 0 Å². The van der Waals surface area contributed by atoms with E-state index in [1.807, 2.05) is 0 Å². The molecule has 0 spiro atoms. The number of hydrogen-bond acceptors (Lipinski definition) is 4. The highest BCUT2D eigenvalue weighted by Gasteiger charge is 2.23. The third-order valence-electron chi connectivity index (χ3n) is 3.30. The average Bonchev–Trinajstić information content (AvgIpc) is 2.94. The fraction of sp³-hybridized carbons (Fsp3) is 0.636. The average molecular weight is 237 g/mol. The fourth-order valence-corrected chi connectivity index (χ4v) is 2.32. The Morgan fingerprint density at radius 3 is 3.24 bits per heavy atom. The van der Waals surface area contributed by atoms with Crippen molar-refractivity contribution in [2.24, 2.45) is 0 Å². The molecule has 1 aromatic heterocycles. The Kier molecular flexibility index (Phi) is 3.63. The minimum atomic E-state index is -0.178. The number of aromatic nitrogens is 2. The molecule has 2 heterocycles. The summed E-state index contributed by atoms with van der Waals surface area (Å²) in [6.07, 6.45) is 3.80. The SMILES string of the molecule is CCN1CCCC1CNC(=O)c1[nH]ncc1N. The van der Waals surface area contributed by atoms with Gasteiger partial charge in [-0.25, -0.2) is 0 Å². The molecular weight excluding hydrogens is 218 g/mol. The minimum absolute atomic E-state index is 0.178. The van der Waals surface area contributed by atoms with Gasteiger partial charge in [0.25, 0.3) is 5.91 Å². The maximum Gasteiger partial charge on any atom is 0.271 e. The number of nitrogens with zero attached hydrogens (tertiary/aromatic N) is 2. The zero-order chi connectivity index (χ0) is 12.3. The van der Waals surface area contributed by atoms with Crippen LogP contribution in [0.1, 0.15) is 30.3 Å². The molecule has 0 aromatic carbocycles. The zero-order valence-electron chi connectivity index (χ0n) is 10.1. The quantitative estimate of drug-likeness (QED) is 0.698. The molecule has 6 nitrogen and oxygen atoms in total. The number of anilines is 1. The number of nitrogen functional groups attached to an aromatic ring is 1. The van der Waals surface area contributed by atoms with Crippen LogP contribution in [0.5, 0.6) is 0 Å². The molecule has 0 aliphatic carbocycles. The zero-order valence-corrected chi connectivity index (χ0v) is 10.1. The second kappa shape index (κ2) is 5.18. The molecule has 1 fully saturated rings. The van der Waals surface area contributed by atoms with Crippen molar-refractivity contribution in [1.82, 2.24) is 20.4 Å². The molecule has 94 valence electrons. The lowest BCUT2D eigenvalue weighted by Gasteiger charge is -2.22. The molecule has 1 aromatic rings. The van der Waals surface area contributed by atoms with E-state index in [9.17, 15) is 4.79 Å². The Bertz CT molecular complexity index is 389. The predicted molar refractivity (Wildman–Crippen MR) is 65.6 cm³/mol. The van der Waals surface area contributed by atoms with Crippen LogP contribution < -0.4 is 11.1 Å². The van der Waals surface area contributed by atoms with Gasteiger partial charge in [0.1, 0.15) is 5.69 Å². The first-order valence-corrected chi connectivity index (χ1v) is 6.03. The molecule has 6 heteroatoms. The molecule has 2 rings (SSSR count). The highest BCUT2D eigenvalue weighted by molar-refractivity contribution is 5.96. The Labute approximate surface area is 101 Å².